The summed E-state index contributed by atoms with van der Waals surface area (Å²) in [5, 5.41) is 0. The van der Waals surface area contributed by atoms with Crippen LogP contribution in [0.2, 0.25) is 0 Å². The molecule has 0 aromatic rings. The summed E-state index contributed by atoms with van der Waals surface area (Å²) < 4.78 is 26.4. The van der Waals surface area contributed by atoms with Gasteiger partial charge in [-0.2, -0.15) is 0 Å². The smallest absolute Gasteiger partial charge is 0.462 e. The molecule has 0 aliphatic heterocycles. The maximum absolute atomic E-state index is 12.4. The molecule has 0 saturated carbocycles. The lowest BCUT2D eigenvalue weighted by molar-refractivity contribution is -0.161. The normalized spacial score (nSPS) is 12.3. The van der Waals surface area contributed by atoms with Crippen LogP contribution in [0.5, 0.6) is 0 Å². The highest BCUT2D eigenvalue weighted by molar-refractivity contribution is 7.46. The van der Waals surface area contributed by atoms with Crippen LogP contribution in [0.4, 0.5) is 0 Å². The van der Waals surface area contributed by atoms with Gasteiger partial charge in [0.2, 0.25) is 0 Å². The van der Waals surface area contributed by atoms with E-state index in [1.54, 1.807) is 0 Å². The molecule has 0 amide bonds. The van der Waals surface area contributed by atoms with Gasteiger partial charge < -0.3 is 19.3 Å². The van der Waals surface area contributed by atoms with Gasteiger partial charge in [-0.1, -0.05) is 206 Å². The highest BCUT2D eigenvalue weighted by atomic mass is 31.2. The first kappa shape index (κ1) is 49.0. The maximum Gasteiger partial charge on any atom is 0.469 e. The van der Waals surface area contributed by atoms with E-state index >= 15 is 0 Å². The van der Waals surface area contributed by atoms with Gasteiger partial charge in [-0.15, -0.1) is 0 Å². The standard InChI is InChI=1S/C41H81O8P/c1-3-5-7-9-11-13-15-17-19-20-21-22-24-26-28-30-32-34-36-41(43)49-39(38-48-50(44,45)46)37-47-40(42)35-33-31-29-27-25-23-18-16-14-12-10-8-6-4-2/h39H,3-38H2,1-2H3,(H2,44,45,46)/t39-/m1/s1. The minimum absolute atomic E-state index is 0.220. The lowest BCUT2D eigenvalue weighted by Crippen LogP contribution is -2.29. The summed E-state index contributed by atoms with van der Waals surface area (Å²) in [6.07, 6.45) is 39.6. The molecule has 9 heteroatoms. The fourth-order valence-electron chi connectivity index (χ4n) is 6.43. The van der Waals surface area contributed by atoms with Crippen molar-refractivity contribution >= 4 is 19.8 Å². The first-order valence-electron chi connectivity index (χ1n) is 21.3. The van der Waals surface area contributed by atoms with Crippen LogP contribution < -0.4 is 0 Å². The summed E-state index contributed by atoms with van der Waals surface area (Å²) in [5.41, 5.74) is 0. The molecule has 8 nitrogen and oxygen atoms in total. The largest absolute Gasteiger partial charge is 0.469 e. The van der Waals surface area contributed by atoms with Crippen molar-refractivity contribution in [2.24, 2.45) is 0 Å². The van der Waals surface area contributed by atoms with Crippen LogP contribution in [0.25, 0.3) is 0 Å². The Hall–Kier alpha value is -0.950. The Balaban J connectivity index is 3.85. The zero-order valence-electron chi connectivity index (χ0n) is 32.8. The van der Waals surface area contributed by atoms with Crippen molar-refractivity contribution in [1.29, 1.82) is 0 Å². The van der Waals surface area contributed by atoms with E-state index in [9.17, 15) is 14.2 Å². The van der Waals surface area contributed by atoms with Crippen LogP contribution in [-0.2, 0) is 28.2 Å². The molecule has 0 aromatic carbocycles. The van der Waals surface area contributed by atoms with Crippen molar-refractivity contribution in [2.45, 2.75) is 238 Å². The molecule has 298 valence electrons. The molecule has 50 heavy (non-hydrogen) atoms. The van der Waals surface area contributed by atoms with E-state index in [0.717, 1.165) is 32.1 Å². The lowest BCUT2D eigenvalue weighted by atomic mass is 10.0. The first-order valence-corrected chi connectivity index (χ1v) is 22.9. The minimum atomic E-state index is -4.74. The molecule has 0 unspecified atom stereocenters. The van der Waals surface area contributed by atoms with Gasteiger partial charge in [-0.25, -0.2) is 4.57 Å². The van der Waals surface area contributed by atoms with Gasteiger partial charge in [0.15, 0.2) is 6.10 Å². The number of phosphoric acid groups is 1. The number of carbonyl (C=O) groups is 2. The van der Waals surface area contributed by atoms with Crippen LogP contribution in [0.1, 0.15) is 232 Å². The summed E-state index contributed by atoms with van der Waals surface area (Å²) in [7, 11) is -4.74. The Morgan fingerprint density at radius 2 is 0.720 bits per heavy atom. The Labute approximate surface area is 308 Å². The lowest BCUT2D eigenvalue weighted by Gasteiger charge is -2.18. The zero-order chi connectivity index (χ0) is 36.8. The third-order valence-corrected chi connectivity index (χ3v) is 10.1. The predicted octanol–water partition coefficient (Wildman–Crippen LogP) is 12.9. The fourth-order valence-corrected chi connectivity index (χ4v) is 6.79. The molecule has 0 aliphatic rings. The molecule has 0 aromatic heterocycles. The highest BCUT2D eigenvalue weighted by Gasteiger charge is 2.22. The summed E-state index contributed by atoms with van der Waals surface area (Å²) >= 11 is 0. The average molecular weight is 733 g/mol. The zero-order valence-corrected chi connectivity index (χ0v) is 33.7. The van der Waals surface area contributed by atoms with E-state index in [2.05, 4.69) is 18.4 Å². The van der Waals surface area contributed by atoms with Crippen molar-refractivity contribution in [3.05, 3.63) is 0 Å². The van der Waals surface area contributed by atoms with Crippen molar-refractivity contribution in [1.82, 2.24) is 0 Å². The van der Waals surface area contributed by atoms with E-state index in [1.165, 1.54) is 167 Å². The predicted molar refractivity (Wildman–Crippen MR) is 207 cm³/mol. The quantitative estimate of drug-likeness (QED) is 0.0363. The first-order chi connectivity index (χ1) is 24.3. The van der Waals surface area contributed by atoms with E-state index in [0.29, 0.717) is 6.42 Å². The monoisotopic (exact) mass is 733 g/mol. The Morgan fingerprint density at radius 1 is 0.440 bits per heavy atom. The maximum atomic E-state index is 12.4. The summed E-state index contributed by atoms with van der Waals surface area (Å²) in [4.78, 5) is 42.8. The van der Waals surface area contributed by atoms with Crippen molar-refractivity contribution in [3.63, 3.8) is 0 Å². The second kappa shape index (κ2) is 37.8. The van der Waals surface area contributed by atoms with Crippen LogP contribution in [0.15, 0.2) is 0 Å². The highest BCUT2D eigenvalue weighted by Crippen LogP contribution is 2.36. The van der Waals surface area contributed by atoms with Crippen molar-refractivity contribution in [3.8, 4) is 0 Å². The topological polar surface area (TPSA) is 119 Å². The van der Waals surface area contributed by atoms with Crippen molar-refractivity contribution < 1.29 is 37.9 Å². The number of esters is 2. The number of hydrogen-bond acceptors (Lipinski definition) is 6. The molecule has 0 radical (unpaired) electrons. The van der Waals surface area contributed by atoms with Gasteiger partial charge in [0, 0.05) is 12.8 Å². The van der Waals surface area contributed by atoms with Crippen LogP contribution in [-0.4, -0.2) is 41.0 Å². The Bertz CT molecular complexity index is 787. The second-order valence-electron chi connectivity index (χ2n) is 14.7. The third-order valence-electron chi connectivity index (χ3n) is 9.63. The molecule has 0 fully saturated rings. The van der Waals surface area contributed by atoms with Gasteiger partial charge in [0.25, 0.3) is 0 Å². The van der Waals surface area contributed by atoms with Gasteiger partial charge in [0.1, 0.15) is 6.61 Å². The van der Waals surface area contributed by atoms with Crippen LogP contribution in [0, 0.1) is 0 Å². The van der Waals surface area contributed by atoms with Crippen LogP contribution >= 0.6 is 7.82 Å². The third kappa shape index (κ3) is 39.8. The van der Waals surface area contributed by atoms with E-state index in [4.69, 9.17) is 19.3 Å². The molecular weight excluding hydrogens is 651 g/mol. The number of ether oxygens (including phenoxy) is 2. The summed E-state index contributed by atoms with van der Waals surface area (Å²) in [6, 6.07) is 0. The molecule has 0 rings (SSSR count). The van der Waals surface area contributed by atoms with Gasteiger partial charge >= 0.3 is 19.8 Å². The molecule has 0 aliphatic carbocycles. The molecule has 0 heterocycles. The number of hydrogen-bond donors (Lipinski definition) is 2. The number of phosphoric ester groups is 1. The van der Waals surface area contributed by atoms with Gasteiger partial charge in [-0.3, -0.25) is 14.1 Å². The number of unbranched alkanes of at least 4 members (excludes halogenated alkanes) is 30. The average Bonchev–Trinajstić information content (AvgIpc) is 3.08. The van der Waals surface area contributed by atoms with E-state index in [-0.39, 0.29) is 19.4 Å². The molecule has 0 spiro atoms. The summed E-state index contributed by atoms with van der Waals surface area (Å²) in [6.45, 7) is 3.72. The molecule has 0 bridgehead atoms. The van der Waals surface area contributed by atoms with E-state index < -0.39 is 32.5 Å². The molecule has 0 saturated heterocycles. The molecular formula is C41H81O8P. The molecule has 1 atom stereocenters. The Kier molecular flexibility index (Phi) is 37.1. The number of rotatable bonds is 40. The number of carbonyl (C=O) groups excluding carboxylic acids is 2. The van der Waals surface area contributed by atoms with Gasteiger partial charge in [0.05, 0.1) is 6.61 Å². The van der Waals surface area contributed by atoms with Gasteiger partial charge in [-0.05, 0) is 12.8 Å². The molecule has 2 N–H and O–H groups in total. The van der Waals surface area contributed by atoms with Crippen molar-refractivity contribution in [2.75, 3.05) is 13.2 Å². The fraction of sp³-hybridized carbons (Fsp3) is 0.951. The summed E-state index contributed by atoms with van der Waals surface area (Å²) in [5.74, 6) is -0.867. The second-order valence-corrected chi connectivity index (χ2v) is 15.9. The van der Waals surface area contributed by atoms with E-state index in [1.807, 2.05) is 0 Å². The SMILES string of the molecule is CCCCCCCCCCCCCCCCCCCCC(=O)O[C@H](COC(=O)CCCCCCCCCCCCCCCC)COP(=O)(O)O. The Morgan fingerprint density at radius 3 is 1.02 bits per heavy atom. The van der Waals surface area contributed by atoms with Crippen LogP contribution in [0.3, 0.4) is 0 Å². The minimum Gasteiger partial charge on any atom is -0.462 e.